The van der Waals surface area contributed by atoms with E-state index < -0.39 is 0 Å². The molecule has 29 heavy (non-hydrogen) atoms. The van der Waals surface area contributed by atoms with Gasteiger partial charge in [0.05, 0.1) is 33.2 Å². The lowest BCUT2D eigenvalue weighted by Gasteiger charge is -2.26. The first-order valence-electron chi connectivity index (χ1n) is 9.00. The largest absolute Gasteiger partial charge is 0.493 e. The van der Waals surface area contributed by atoms with Crippen molar-refractivity contribution in [1.82, 2.24) is 9.78 Å². The van der Waals surface area contributed by atoms with Crippen LogP contribution in [0.1, 0.15) is 23.5 Å². The van der Waals surface area contributed by atoms with Crippen LogP contribution in [0.5, 0.6) is 17.2 Å². The summed E-state index contributed by atoms with van der Waals surface area (Å²) < 4.78 is 31.3. The average Bonchev–Trinajstić information content (AvgIpc) is 3.16. The summed E-state index contributed by atoms with van der Waals surface area (Å²) in [4.78, 5) is 12.5. The Morgan fingerprint density at radius 1 is 1.00 bits per heavy atom. The number of carbonyl (C=O) groups excluding carboxylic acids is 1. The van der Waals surface area contributed by atoms with Gasteiger partial charge >= 0.3 is 0 Å². The summed E-state index contributed by atoms with van der Waals surface area (Å²) in [5, 5.41) is 7.30. The van der Waals surface area contributed by atoms with E-state index in [1.807, 2.05) is 6.07 Å². The summed E-state index contributed by atoms with van der Waals surface area (Å²) in [7, 11) is 4.64. The van der Waals surface area contributed by atoms with Gasteiger partial charge in [0, 0.05) is 23.5 Å². The number of methoxy groups -OCH3 is 3. The molecular formula is C21H20FN3O4. The molecule has 0 radical (unpaired) electrons. The molecule has 0 aliphatic carbocycles. The van der Waals surface area contributed by atoms with Gasteiger partial charge in [0.25, 0.3) is 0 Å². The summed E-state index contributed by atoms with van der Waals surface area (Å²) >= 11 is 0. The number of nitrogens with zero attached hydrogens (tertiary/aromatic N) is 2. The topological polar surface area (TPSA) is 74.6 Å². The number of hydrogen-bond acceptors (Lipinski definition) is 5. The zero-order valence-corrected chi connectivity index (χ0v) is 16.2. The molecule has 1 aliphatic heterocycles. The average molecular weight is 397 g/mol. The minimum Gasteiger partial charge on any atom is -0.493 e. The quantitative estimate of drug-likeness (QED) is 0.713. The van der Waals surface area contributed by atoms with E-state index >= 15 is 0 Å². The maximum Gasteiger partial charge on any atom is 0.226 e. The number of amides is 1. The third-order valence-corrected chi connectivity index (χ3v) is 5.00. The fourth-order valence-electron chi connectivity index (χ4n) is 3.67. The molecule has 4 rings (SSSR count). The number of aromatic nitrogens is 2. The van der Waals surface area contributed by atoms with Crippen LogP contribution in [-0.2, 0) is 4.79 Å². The van der Waals surface area contributed by atoms with E-state index in [1.165, 1.54) is 19.2 Å². The predicted molar refractivity (Wildman–Crippen MR) is 105 cm³/mol. The Hall–Kier alpha value is -3.55. The fourth-order valence-corrected chi connectivity index (χ4v) is 3.67. The van der Waals surface area contributed by atoms with E-state index in [4.69, 9.17) is 14.2 Å². The Balaban J connectivity index is 1.85. The third-order valence-electron chi connectivity index (χ3n) is 5.00. The second kappa shape index (κ2) is 7.46. The summed E-state index contributed by atoms with van der Waals surface area (Å²) in [5.41, 5.74) is 2.27. The number of carbonyl (C=O) groups is 1. The van der Waals surface area contributed by atoms with Crippen LogP contribution in [-0.4, -0.2) is 37.0 Å². The van der Waals surface area contributed by atoms with E-state index in [0.29, 0.717) is 28.8 Å². The third kappa shape index (κ3) is 3.16. The first kappa shape index (κ1) is 18.8. The lowest BCUT2D eigenvalue weighted by molar-refractivity contribution is -0.116. The SMILES string of the molecule is COc1ccc(C2CC(=O)Nc3c2cnn3-c2ccc(F)cc2)c(OC)c1OC. The van der Waals surface area contributed by atoms with Gasteiger partial charge < -0.3 is 19.5 Å². The van der Waals surface area contributed by atoms with Gasteiger partial charge in [-0.05, 0) is 30.3 Å². The number of rotatable bonds is 5. The number of anilines is 1. The highest BCUT2D eigenvalue weighted by Crippen LogP contribution is 2.47. The van der Waals surface area contributed by atoms with Gasteiger partial charge in [-0.2, -0.15) is 5.10 Å². The lowest BCUT2D eigenvalue weighted by atomic mass is 9.86. The molecule has 1 amide bonds. The molecule has 1 unspecified atom stereocenters. The van der Waals surface area contributed by atoms with Crippen LogP contribution >= 0.6 is 0 Å². The molecule has 2 aromatic carbocycles. The van der Waals surface area contributed by atoms with Crippen LogP contribution in [0.15, 0.2) is 42.6 Å². The molecule has 2 heterocycles. The van der Waals surface area contributed by atoms with Crippen LogP contribution in [0, 0.1) is 5.82 Å². The van der Waals surface area contributed by atoms with E-state index in [0.717, 1.165) is 11.1 Å². The van der Waals surface area contributed by atoms with E-state index in [2.05, 4.69) is 10.4 Å². The summed E-state index contributed by atoms with van der Waals surface area (Å²) in [6.07, 6.45) is 1.94. The molecule has 1 N–H and O–H groups in total. The van der Waals surface area contributed by atoms with Crippen molar-refractivity contribution in [3.63, 3.8) is 0 Å². The number of nitrogens with one attached hydrogen (secondary N) is 1. The molecule has 0 saturated heterocycles. The minimum atomic E-state index is -0.341. The second-order valence-electron chi connectivity index (χ2n) is 6.57. The van der Waals surface area contributed by atoms with Gasteiger partial charge in [-0.25, -0.2) is 9.07 Å². The zero-order valence-electron chi connectivity index (χ0n) is 16.2. The highest BCUT2D eigenvalue weighted by atomic mass is 19.1. The van der Waals surface area contributed by atoms with Crippen molar-refractivity contribution < 1.29 is 23.4 Å². The van der Waals surface area contributed by atoms with Crippen LogP contribution in [0.3, 0.4) is 0 Å². The number of benzene rings is 2. The Morgan fingerprint density at radius 3 is 2.38 bits per heavy atom. The van der Waals surface area contributed by atoms with E-state index in [9.17, 15) is 9.18 Å². The second-order valence-corrected chi connectivity index (χ2v) is 6.57. The predicted octanol–water partition coefficient (Wildman–Crippen LogP) is 3.51. The van der Waals surface area contributed by atoms with E-state index in [1.54, 1.807) is 43.3 Å². The van der Waals surface area contributed by atoms with Crippen molar-refractivity contribution in [2.45, 2.75) is 12.3 Å². The van der Waals surface area contributed by atoms with Crippen LogP contribution < -0.4 is 19.5 Å². The number of ether oxygens (including phenoxy) is 3. The number of hydrogen-bond donors (Lipinski definition) is 1. The molecule has 1 atom stereocenters. The maximum atomic E-state index is 13.3. The monoisotopic (exact) mass is 397 g/mol. The molecule has 8 heteroatoms. The van der Waals surface area contributed by atoms with Crippen molar-refractivity contribution in [2.75, 3.05) is 26.6 Å². The van der Waals surface area contributed by atoms with Gasteiger partial charge in [-0.15, -0.1) is 0 Å². The summed E-state index contributed by atoms with van der Waals surface area (Å²) in [5.74, 6) is 1.28. The summed E-state index contributed by atoms with van der Waals surface area (Å²) in [6, 6.07) is 9.56. The summed E-state index contributed by atoms with van der Waals surface area (Å²) in [6.45, 7) is 0. The highest BCUT2D eigenvalue weighted by molar-refractivity contribution is 5.95. The normalized spacial score (nSPS) is 15.4. The molecule has 0 fully saturated rings. The molecule has 150 valence electrons. The molecule has 0 saturated carbocycles. The van der Waals surface area contributed by atoms with Crippen LogP contribution in [0.25, 0.3) is 5.69 Å². The minimum absolute atomic E-state index is 0.150. The van der Waals surface area contributed by atoms with Crippen molar-refractivity contribution in [3.05, 3.63) is 59.5 Å². The standard InChI is InChI=1S/C21H20FN3O4/c1-27-17-9-8-14(19(28-2)20(17)29-3)15-10-18(26)24-21-16(15)11-23-25(21)13-6-4-12(22)5-7-13/h4-9,11,15H,10H2,1-3H3,(H,24,26). The van der Waals surface area contributed by atoms with Gasteiger partial charge in [-0.1, -0.05) is 6.07 Å². The first-order chi connectivity index (χ1) is 14.1. The zero-order chi connectivity index (χ0) is 20.5. The Labute approximate surface area is 167 Å². The maximum absolute atomic E-state index is 13.3. The molecule has 0 spiro atoms. The lowest BCUT2D eigenvalue weighted by Crippen LogP contribution is -2.25. The number of fused-ring (bicyclic) bond motifs is 1. The fraction of sp³-hybridized carbons (Fsp3) is 0.238. The molecule has 0 bridgehead atoms. The van der Waals surface area contributed by atoms with Gasteiger partial charge in [0.1, 0.15) is 11.6 Å². The Bertz CT molecular complexity index is 1060. The molecule has 1 aliphatic rings. The van der Waals surface area contributed by atoms with Gasteiger partial charge in [0.15, 0.2) is 11.5 Å². The van der Waals surface area contributed by atoms with Crippen molar-refractivity contribution in [3.8, 4) is 22.9 Å². The van der Waals surface area contributed by atoms with Crippen LogP contribution in [0.4, 0.5) is 10.2 Å². The molecule has 3 aromatic rings. The van der Waals surface area contributed by atoms with Crippen molar-refractivity contribution >= 4 is 11.7 Å². The van der Waals surface area contributed by atoms with Crippen molar-refractivity contribution in [2.24, 2.45) is 0 Å². The molecule has 7 nitrogen and oxygen atoms in total. The number of halogens is 1. The molecular weight excluding hydrogens is 377 g/mol. The smallest absolute Gasteiger partial charge is 0.226 e. The van der Waals surface area contributed by atoms with Gasteiger partial charge in [-0.3, -0.25) is 4.79 Å². The first-order valence-corrected chi connectivity index (χ1v) is 9.00. The molecule has 1 aromatic heterocycles. The van der Waals surface area contributed by atoms with E-state index in [-0.39, 0.29) is 24.1 Å². The van der Waals surface area contributed by atoms with Gasteiger partial charge in [0.2, 0.25) is 11.7 Å². The van der Waals surface area contributed by atoms with Crippen molar-refractivity contribution in [1.29, 1.82) is 0 Å². The Kier molecular flexibility index (Phi) is 4.84. The highest BCUT2D eigenvalue weighted by Gasteiger charge is 2.33. The van der Waals surface area contributed by atoms with Crippen LogP contribution in [0.2, 0.25) is 0 Å². The Morgan fingerprint density at radius 2 is 1.72 bits per heavy atom.